The lowest BCUT2D eigenvalue weighted by Gasteiger charge is -2.40. The van der Waals surface area contributed by atoms with Crippen LogP contribution in [-0.4, -0.2) is 66.7 Å². The van der Waals surface area contributed by atoms with E-state index in [1.165, 1.54) is 4.90 Å². The quantitative estimate of drug-likeness (QED) is 0.216. The Morgan fingerprint density at radius 1 is 1.18 bits per heavy atom. The molecular weight excluding hydrogens is 675 g/mol. The van der Waals surface area contributed by atoms with Crippen molar-refractivity contribution in [3.8, 4) is 23.2 Å². The Bertz CT molecular complexity index is 2180. The zero-order valence-corrected chi connectivity index (χ0v) is 26.6. The van der Waals surface area contributed by atoms with Crippen molar-refractivity contribution in [3.63, 3.8) is 0 Å². The molecule has 3 aliphatic rings. The van der Waals surface area contributed by atoms with Gasteiger partial charge >= 0.3 is 12.2 Å². The van der Waals surface area contributed by atoms with Gasteiger partial charge in [0.25, 0.3) is 0 Å². The molecule has 2 aromatic heterocycles. The highest BCUT2D eigenvalue weighted by molar-refractivity contribution is 7.23. The largest absolute Gasteiger partial charge is 0.462 e. The number of rotatable bonds is 5. The fourth-order valence-electron chi connectivity index (χ4n) is 7.22. The van der Waals surface area contributed by atoms with E-state index in [1.54, 1.807) is 17.9 Å². The summed E-state index contributed by atoms with van der Waals surface area (Å²) in [5.41, 5.74) is -0.277. The van der Waals surface area contributed by atoms with Crippen LogP contribution in [-0.2, 0) is 6.18 Å². The first-order chi connectivity index (χ1) is 24.4. The van der Waals surface area contributed by atoms with Crippen LogP contribution in [0.25, 0.3) is 32.1 Å². The van der Waals surface area contributed by atoms with E-state index < -0.39 is 86.5 Å². The van der Waals surface area contributed by atoms with Gasteiger partial charge in [0.15, 0.2) is 5.82 Å². The van der Waals surface area contributed by atoms with Crippen LogP contribution in [0.2, 0.25) is 0 Å². The Labute approximate surface area is 284 Å². The maximum Gasteiger partial charge on any atom is 0.417 e. The first-order valence-corrected chi connectivity index (χ1v) is 16.2. The fourth-order valence-corrected chi connectivity index (χ4v) is 8.15. The SMILES string of the molecule is [2H]C([2H])([2H])N1CC/C(=C\F)[C@](C)(COc2nc(N3C[C@H]4CC[C@@H](C3)N4)c3cc(C(F)(F)F)c(-c4c(F)cc(F)c5sc(N)c(C#N)c45)c(F)c3n2)C1. The fraction of sp³-hybridized carbons (Fsp3) is 0.424. The Morgan fingerprint density at radius 3 is 2.57 bits per heavy atom. The molecule has 0 radical (unpaired) electrons. The molecule has 49 heavy (non-hydrogen) atoms. The molecule has 3 aliphatic heterocycles. The van der Waals surface area contributed by atoms with Gasteiger partial charge in [-0.05, 0) is 37.9 Å². The van der Waals surface area contributed by atoms with Gasteiger partial charge in [0.1, 0.15) is 40.6 Å². The molecule has 3 N–H and O–H groups in total. The van der Waals surface area contributed by atoms with Gasteiger partial charge < -0.3 is 25.6 Å². The summed E-state index contributed by atoms with van der Waals surface area (Å²) in [4.78, 5) is 11.5. The Hall–Kier alpha value is -4.20. The number of nitrogen functional groups attached to an aromatic ring is 1. The highest BCUT2D eigenvalue weighted by atomic mass is 32.1. The van der Waals surface area contributed by atoms with Crippen LogP contribution >= 0.6 is 11.3 Å². The summed E-state index contributed by atoms with van der Waals surface area (Å²) in [5, 5.41) is 11.9. The number of alkyl halides is 3. The molecule has 0 amide bonds. The third kappa shape index (κ3) is 5.61. The minimum Gasteiger partial charge on any atom is -0.462 e. The molecule has 7 rings (SSSR count). The van der Waals surface area contributed by atoms with E-state index in [-0.39, 0.29) is 53.4 Å². The van der Waals surface area contributed by atoms with E-state index in [9.17, 15) is 27.2 Å². The lowest BCUT2D eigenvalue weighted by molar-refractivity contribution is -0.137. The first-order valence-electron chi connectivity index (χ1n) is 16.8. The molecule has 3 fully saturated rings. The summed E-state index contributed by atoms with van der Waals surface area (Å²) >= 11 is 0.505. The van der Waals surface area contributed by atoms with Crippen LogP contribution < -0.4 is 20.7 Å². The molecule has 3 atom stereocenters. The van der Waals surface area contributed by atoms with Gasteiger partial charge in [-0.15, -0.1) is 11.3 Å². The van der Waals surface area contributed by atoms with Crippen LogP contribution in [0.3, 0.4) is 0 Å². The van der Waals surface area contributed by atoms with Gasteiger partial charge in [-0.3, -0.25) is 0 Å². The average Bonchev–Trinajstić information content (AvgIpc) is 3.60. The smallest absolute Gasteiger partial charge is 0.417 e. The molecule has 258 valence electrons. The highest BCUT2D eigenvalue weighted by Crippen LogP contribution is 2.49. The number of nitrogens with two attached hydrogens (primary N) is 1. The number of likely N-dealkylation sites (tertiary alicyclic amines) is 1. The Morgan fingerprint density at radius 2 is 1.92 bits per heavy atom. The number of hydrogen-bond acceptors (Lipinski definition) is 9. The molecule has 16 heteroatoms. The van der Waals surface area contributed by atoms with Crippen molar-refractivity contribution in [1.82, 2.24) is 20.2 Å². The van der Waals surface area contributed by atoms with Crippen LogP contribution in [0, 0.1) is 34.2 Å². The number of nitriles is 1. The van der Waals surface area contributed by atoms with Crippen molar-refractivity contribution in [2.24, 2.45) is 5.41 Å². The van der Waals surface area contributed by atoms with E-state index in [4.69, 9.17) is 14.6 Å². The summed E-state index contributed by atoms with van der Waals surface area (Å²) in [5.74, 6) is -4.51. The number of nitrogens with zero attached hydrogens (tertiary/aromatic N) is 5. The molecule has 2 aromatic carbocycles. The number of piperidine rings is 1. The molecule has 0 aliphatic carbocycles. The highest BCUT2D eigenvalue weighted by Gasteiger charge is 2.41. The van der Waals surface area contributed by atoms with Gasteiger partial charge in [0, 0.05) is 75.8 Å². The van der Waals surface area contributed by atoms with Gasteiger partial charge in [-0.25, -0.2) is 17.6 Å². The zero-order valence-electron chi connectivity index (χ0n) is 28.8. The second-order valence-electron chi connectivity index (χ2n) is 12.9. The molecule has 3 saturated heterocycles. The summed E-state index contributed by atoms with van der Waals surface area (Å²) in [6.07, 6.45) is -3.29. The van der Waals surface area contributed by atoms with Crippen molar-refractivity contribution < 1.29 is 39.6 Å². The van der Waals surface area contributed by atoms with E-state index in [1.807, 2.05) is 0 Å². The zero-order chi connectivity index (χ0) is 37.5. The van der Waals surface area contributed by atoms with Crippen LogP contribution in [0.4, 0.5) is 41.6 Å². The van der Waals surface area contributed by atoms with Crippen LogP contribution in [0.15, 0.2) is 24.0 Å². The number of thiophene rings is 1. The minimum atomic E-state index is -5.29. The van der Waals surface area contributed by atoms with E-state index in [2.05, 4.69) is 15.3 Å². The number of piperazine rings is 1. The number of nitrogens with one attached hydrogen (secondary N) is 1. The average molecular weight is 709 g/mol. The van der Waals surface area contributed by atoms with Gasteiger partial charge in [-0.2, -0.15) is 28.4 Å². The summed E-state index contributed by atoms with van der Waals surface area (Å²) in [6.45, 7) is -0.835. The Kier molecular flexibility index (Phi) is 7.27. The molecule has 0 spiro atoms. The molecule has 5 heterocycles. The van der Waals surface area contributed by atoms with Crippen molar-refractivity contribution in [2.75, 3.05) is 50.4 Å². The second-order valence-corrected chi connectivity index (χ2v) is 14.0. The lowest BCUT2D eigenvalue weighted by atomic mass is 9.78. The lowest BCUT2D eigenvalue weighted by Crippen LogP contribution is -2.51. The minimum absolute atomic E-state index is 0.0429. The van der Waals surface area contributed by atoms with E-state index in [0.717, 1.165) is 12.8 Å². The third-order valence-electron chi connectivity index (χ3n) is 9.59. The molecule has 8 nitrogen and oxygen atoms in total. The van der Waals surface area contributed by atoms with Gasteiger partial charge in [0.2, 0.25) is 0 Å². The first kappa shape index (κ1) is 29.7. The summed E-state index contributed by atoms with van der Waals surface area (Å²) in [7, 11) is 0. The number of anilines is 2. The topological polar surface area (TPSA) is 103 Å². The molecule has 4 aromatic rings. The monoisotopic (exact) mass is 708 g/mol. The number of hydrogen-bond donors (Lipinski definition) is 2. The van der Waals surface area contributed by atoms with Crippen LogP contribution in [0.1, 0.15) is 41.4 Å². The van der Waals surface area contributed by atoms with Gasteiger partial charge in [0.05, 0.1) is 22.2 Å². The van der Waals surface area contributed by atoms with E-state index in [0.29, 0.717) is 42.9 Å². The molecule has 2 bridgehead atoms. The third-order valence-corrected chi connectivity index (χ3v) is 10.6. The predicted octanol–water partition coefficient (Wildman–Crippen LogP) is 6.92. The van der Waals surface area contributed by atoms with Crippen LogP contribution in [0.5, 0.6) is 6.01 Å². The molecular formula is C33H30F7N7OS. The number of benzene rings is 2. The normalized spacial score (nSPS) is 25.1. The number of fused-ring (bicyclic) bond motifs is 4. The second kappa shape index (κ2) is 12.0. The van der Waals surface area contributed by atoms with Crippen molar-refractivity contribution >= 4 is 43.1 Å². The molecule has 0 saturated carbocycles. The summed E-state index contributed by atoms with van der Waals surface area (Å²) in [6, 6.07) is 1.98. The summed E-state index contributed by atoms with van der Waals surface area (Å²) < 4.78 is 136. The standard InChI is InChI=1S/C33H30F7N7OS/c1-32(13-46(2)6-5-15(32)9-34)14-48-31-44-27-18(30(45-31)47-11-16-3-4-17(12-47)43-16)7-20(33(38,39)40)24(26(27)37)25-21(35)8-22(36)28-23(25)19(10-41)29(42)49-28/h7-9,16-17,43H,3-6,11-14,42H2,1-2H3/b15-9+/t16-,17+,32-/m0/s1/i2D3. The Balaban J connectivity index is 1.45. The van der Waals surface area contributed by atoms with Crippen molar-refractivity contribution in [3.05, 3.63) is 52.6 Å². The van der Waals surface area contributed by atoms with E-state index >= 15 is 8.78 Å². The maximum atomic E-state index is 17.1. The predicted molar refractivity (Wildman–Crippen MR) is 171 cm³/mol. The number of ether oxygens (including phenoxy) is 1. The van der Waals surface area contributed by atoms with Crippen molar-refractivity contribution in [1.29, 1.82) is 5.26 Å². The maximum absolute atomic E-state index is 17.1. The number of aromatic nitrogens is 2. The number of halogens is 7. The molecule has 0 unspecified atom stereocenters. The van der Waals surface area contributed by atoms with Crippen molar-refractivity contribution in [2.45, 2.75) is 44.4 Å². The van der Waals surface area contributed by atoms with Gasteiger partial charge in [-0.1, -0.05) is 6.92 Å².